The second-order valence-corrected chi connectivity index (χ2v) is 9.48. The minimum atomic E-state index is -1.04. The van der Waals surface area contributed by atoms with Crippen LogP contribution in [-0.4, -0.2) is 43.4 Å². The van der Waals surface area contributed by atoms with Gasteiger partial charge >= 0.3 is 5.97 Å². The fourth-order valence-electron chi connectivity index (χ4n) is 3.35. The molecule has 11 heteroatoms. The van der Waals surface area contributed by atoms with E-state index in [1.54, 1.807) is 30.3 Å². The van der Waals surface area contributed by atoms with Crippen LogP contribution in [0.5, 0.6) is 0 Å². The highest BCUT2D eigenvalue weighted by atomic mass is 35.5. The molecule has 0 bridgehead atoms. The normalized spacial score (nSPS) is 11.7. The maximum Gasteiger partial charge on any atom is 0.335 e. The van der Waals surface area contributed by atoms with E-state index >= 15 is 0 Å². The highest BCUT2D eigenvalue weighted by Crippen LogP contribution is 2.26. The fourth-order valence-corrected chi connectivity index (χ4v) is 4.33. The van der Waals surface area contributed by atoms with E-state index in [9.17, 15) is 14.4 Å². The predicted molar refractivity (Wildman–Crippen MR) is 139 cm³/mol. The number of nitrogens with zero attached hydrogens (tertiary/aromatic N) is 3. The van der Waals surface area contributed by atoms with Crippen molar-refractivity contribution in [1.82, 2.24) is 20.1 Å². The number of nitrogens with one attached hydrogen (secondary N) is 2. The number of halogens is 1. The number of aromatic nitrogens is 3. The summed E-state index contributed by atoms with van der Waals surface area (Å²) in [6.07, 6.45) is 1.69. The van der Waals surface area contributed by atoms with Crippen molar-refractivity contribution >= 4 is 46.8 Å². The maximum absolute atomic E-state index is 12.9. The SMILES string of the molecule is C=CCn1c(SCC(=O)Nc2ccc(C(=O)O)cc2)nnc1C(NC(=O)c1ccccc1Cl)C(C)C. The number of thioether (sulfide) groups is 1. The first kappa shape index (κ1) is 27.0. The Morgan fingerprint density at radius 2 is 1.83 bits per heavy atom. The smallest absolute Gasteiger partial charge is 0.335 e. The molecule has 0 spiro atoms. The second-order valence-electron chi connectivity index (χ2n) is 8.13. The van der Waals surface area contributed by atoms with Crippen LogP contribution in [-0.2, 0) is 11.3 Å². The molecule has 36 heavy (non-hydrogen) atoms. The largest absolute Gasteiger partial charge is 0.478 e. The Bertz CT molecular complexity index is 1260. The Labute approximate surface area is 218 Å². The standard InChI is InChI=1S/C25H26ClN5O4S/c1-4-13-31-22(21(15(2)3)28-23(33)18-7-5-6-8-19(18)26)29-30-25(31)36-14-20(32)27-17-11-9-16(10-12-17)24(34)35/h4-12,15,21H,1,13-14H2,2-3H3,(H,27,32)(H,28,33)(H,34,35). The summed E-state index contributed by atoms with van der Waals surface area (Å²) in [6.45, 7) is 8.10. The number of amides is 2. The summed E-state index contributed by atoms with van der Waals surface area (Å²) in [5.74, 6) is -1.07. The Morgan fingerprint density at radius 1 is 1.14 bits per heavy atom. The van der Waals surface area contributed by atoms with Crippen molar-refractivity contribution in [3.8, 4) is 0 Å². The molecule has 1 atom stereocenters. The first-order valence-corrected chi connectivity index (χ1v) is 12.4. The number of anilines is 1. The number of carboxylic acids is 1. The first-order chi connectivity index (χ1) is 17.2. The third-order valence-electron chi connectivity index (χ3n) is 5.16. The molecule has 0 radical (unpaired) electrons. The zero-order valence-corrected chi connectivity index (χ0v) is 21.3. The summed E-state index contributed by atoms with van der Waals surface area (Å²) in [7, 11) is 0. The molecule has 1 heterocycles. The van der Waals surface area contributed by atoms with Gasteiger partial charge in [-0.15, -0.1) is 16.8 Å². The van der Waals surface area contributed by atoms with Crippen LogP contribution >= 0.6 is 23.4 Å². The molecule has 3 N–H and O–H groups in total. The number of carboxylic acid groups (broad SMARTS) is 1. The van der Waals surface area contributed by atoms with E-state index in [4.69, 9.17) is 16.7 Å². The number of carbonyl (C=O) groups excluding carboxylic acids is 2. The van der Waals surface area contributed by atoms with Crippen molar-refractivity contribution in [3.05, 3.63) is 83.2 Å². The summed E-state index contributed by atoms with van der Waals surface area (Å²) in [4.78, 5) is 36.3. The molecule has 0 fully saturated rings. The molecule has 3 rings (SSSR count). The van der Waals surface area contributed by atoms with Gasteiger partial charge < -0.3 is 20.3 Å². The van der Waals surface area contributed by atoms with Crippen LogP contribution in [0.3, 0.4) is 0 Å². The predicted octanol–water partition coefficient (Wildman–Crippen LogP) is 4.67. The molecule has 1 aromatic heterocycles. The van der Waals surface area contributed by atoms with Crippen molar-refractivity contribution < 1.29 is 19.5 Å². The van der Waals surface area contributed by atoms with Gasteiger partial charge in [0.2, 0.25) is 5.91 Å². The molecule has 0 saturated carbocycles. The van der Waals surface area contributed by atoms with Gasteiger partial charge in [0.1, 0.15) is 0 Å². The number of rotatable bonds is 11. The van der Waals surface area contributed by atoms with Gasteiger partial charge in [0.15, 0.2) is 11.0 Å². The van der Waals surface area contributed by atoms with Crippen molar-refractivity contribution in [2.75, 3.05) is 11.1 Å². The maximum atomic E-state index is 12.9. The first-order valence-electron chi connectivity index (χ1n) is 11.1. The number of hydrogen-bond donors (Lipinski definition) is 3. The average Bonchev–Trinajstić information content (AvgIpc) is 3.23. The highest BCUT2D eigenvalue weighted by Gasteiger charge is 2.27. The Morgan fingerprint density at radius 3 is 2.44 bits per heavy atom. The monoisotopic (exact) mass is 527 g/mol. The number of benzene rings is 2. The van der Waals surface area contributed by atoms with Gasteiger partial charge in [-0.1, -0.05) is 55.4 Å². The van der Waals surface area contributed by atoms with Crippen LogP contribution in [0.25, 0.3) is 0 Å². The lowest BCUT2D eigenvalue weighted by molar-refractivity contribution is -0.113. The Balaban J connectivity index is 1.73. The number of carbonyl (C=O) groups is 3. The molecule has 9 nitrogen and oxygen atoms in total. The Hall–Kier alpha value is -3.63. The molecule has 1 unspecified atom stereocenters. The molecule has 0 aliphatic rings. The summed E-state index contributed by atoms with van der Waals surface area (Å²) in [5, 5.41) is 24.1. The van der Waals surface area contributed by atoms with Gasteiger partial charge in [0.05, 0.1) is 27.9 Å². The molecular weight excluding hydrogens is 502 g/mol. The van der Waals surface area contributed by atoms with Crippen molar-refractivity contribution in [1.29, 1.82) is 0 Å². The van der Waals surface area contributed by atoms with Gasteiger partial charge in [-0.25, -0.2) is 4.79 Å². The lowest BCUT2D eigenvalue weighted by Crippen LogP contribution is -2.34. The van der Waals surface area contributed by atoms with E-state index in [1.807, 2.05) is 18.4 Å². The van der Waals surface area contributed by atoms with Crippen molar-refractivity contribution in [3.63, 3.8) is 0 Å². The van der Waals surface area contributed by atoms with Gasteiger partial charge in [0.25, 0.3) is 5.91 Å². The summed E-state index contributed by atoms with van der Waals surface area (Å²) >= 11 is 7.38. The Kier molecular flexibility index (Phi) is 9.26. The quantitative estimate of drug-likeness (QED) is 0.244. The van der Waals surface area contributed by atoms with E-state index in [0.29, 0.717) is 33.8 Å². The van der Waals surface area contributed by atoms with Crippen LogP contribution < -0.4 is 10.6 Å². The fraction of sp³-hybridized carbons (Fsp3) is 0.240. The number of allylic oxidation sites excluding steroid dienone is 1. The van der Waals surface area contributed by atoms with E-state index in [0.717, 1.165) is 0 Å². The lowest BCUT2D eigenvalue weighted by Gasteiger charge is -2.23. The van der Waals surface area contributed by atoms with Crippen LogP contribution in [0.4, 0.5) is 5.69 Å². The molecule has 2 amide bonds. The van der Waals surface area contributed by atoms with Gasteiger partial charge in [-0.2, -0.15) is 0 Å². The molecular formula is C25H26ClN5O4S. The molecule has 0 aliphatic carbocycles. The summed E-state index contributed by atoms with van der Waals surface area (Å²) in [6, 6.07) is 12.2. The lowest BCUT2D eigenvalue weighted by atomic mass is 10.0. The second kappa shape index (κ2) is 12.4. The summed E-state index contributed by atoms with van der Waals surface area (Å²) in [5.41, 5.74) is 0.983. The molecule has 188 valence electrons. The van der Waals surface area contributed by atoms with E-state index in [2.05, 4.69) is 27.4 Å². The number of aromatic carboxylic acids is 1. The molecule has 3 aromatic rings. The van der Waals surface area contributed by atoms with Crippen molar-refractivity contribution in [2.24, 2.45) is 5.92 Å². The van der Waals surface area contributed by atoms with Crippen LogP contribution in [0.1, 0.15) is 46.4 Å². The van der Waals surface area contributed by atoms with Gasteiger partial charge in [-0.05, 0) is 42.3 Å². The van der Waals surface area contributed by atoms with Crippen LogP contribution in [0.15, 0.2) is 66.3 Å². The van der Waals surface area contributed by atoms with Gasteiger partial charge in [-0.3, -0.25) is 9.59 Å². The minimum Gasteiger partial charge on any atom is -0.478 e. The third-order valence-corrected chi connectivity index (χ3v) is 6.45. The van der Waals surface area contributed by atoms with Crippen LogP contribution in [0, 0.1) is 5.92 Å². The van der Waals surface area contributed by atoms with Gasteiger partial charge in [0, 0.05) is 12.2 Å². The van der Waals surface area contributed by atoms with Crippen LogP contribution in [0.2, 0.25) is 5.02 Å². The molecule has 0 aliphatic heterocycles. The third kappa shape index (κ3) is 6.73. The highest BCUT2D eigenvalue weighted by molar-refractivity contribution is 7.99. The minimum absolute atomic E-state index is 0.0147. The molecule has 0 saturated heterocycles. The van der Waals surface area contributed by atoms with E-state index < -0.39 is 12.0 Å². The molecule has 2 aromatic carbocycles. The topological polar surface area (TPSA) is 126 Å². The zero-order chi connectivity index (χ0) is 26.2. The number of hydrogen-bond acceptors (Lipinski definition) is 6. The average molecular weight is 528 g/mol. The summed E-state index contributed by atoms with van der Waals surface area (Å²) < 4.78 is 1.81. The zero-order valence-electron chi connectivity index (χ0n) is 19.8. The van der Waals surface area contributed by atoms with E-state index in [-0.39, 0.29) is 29.0 Å². The van der Waals surface area contributed by atoms with E-state index in [1.165, 1.54) is 36.0 Å². The van der Waals surface area contributed by atoms with Crippen molar-refractivity contribution in [2.45, 2.75) is 31.6 Å².